The van der Waals surface area contributed by atoms with Gasteiger partial charge in [0.1, 0.15) is 54.2 Å². The van der Waals surface area contributed by atoms with Crippen molar-refractivity contribution in [2.75, 3.05) is 86.8 Å². The van der Waals surface area contributed by atoms with Gasteiger partial charge in [-0.1, -0.05) is 5.21 Å². The SMILES string of the molecule is CCOc1ccc(-c2cn(CCOCCOCCOCCOCCNC(=O)CC3OC(COC4C(C(=O)O)OC(OC)C(O)C4O)C(O)C(O)C3OC)nn2)cc1. The Bertz CT molecular complexity index is 1450. The van der Waals surface area contributed by atoms with Crippen molar-refractivity contribution in [3.63, 3.8) is 0 Å². The topological polar surface area (TPSA) is 270 Å². The Labute approximate surface area is 329 Å². The minimum absolute atomic E-state index is 0.172. The minimum Gasteiger partial charge on any atom is -0.494 e. The van der Waals surface area contributed by atoms with Crippen LogP contribution in [0.15, 0.2) is 30.5 Å². The molecule has 0 bridgehead atoms. The third-order valence-electron chi connectivity index (χ3n) is 9.06. The largest absolute Gasteiger partial charge is 0.494 e. The highest BCUT2D eigenvalue weighted by atomic mass is 16.7. The number of rotatable bonds is 26. The number of hydrogen-bond donors (Lipinski definition) is 6. The van der Waals surface area contributed by atoms with E-state index in [1.54, 1.807) is 4.68 Å². The molecule has 57 heavy (non-hydrogen) atoms. The van der Waals surface area contributed by atoms with Crippen LogP contribution in [0.3, 0.4) is 0 Å². The van der Waals surface area contributed by atoms with Crippen LogP contribution in [-0.4, -0.2) is 200 Å². The van der Waals surface area contributed by atoms with Crippen LogP contribution in [0.1, 0.15) is 13.3 Å². The highest BCUT2D eigenvalue weighted by Gasteiger charge is 2.50. The van der Waals surface area contributed by atoms with E-state index >= 15 is 0 Å². The van der Waals surface area contributed by atoms with Crippen molar-refractivity contribution in [2.45, 2.75) is 81.1 Å². The number of carbonyl (C=O) groups is 2. The summed E-state index contributed by atoms with van der Waals surface area (Å²) in [5.41, 5.74) is 1.72. The molecular formula is C36H56N4O17. The number of hydrogen-bond acceptors (Lipinski definition) is 18. The van der Waals surface area contributed by atoms with Gasteiger partial charge >= 0.3 is 5.97 Å². The molecule has 10 unspecified atom stereocenters. The van der Waals surface area contributed by atoms with E-state index in [2.05, 4.69) is 15.6 Å². The highest BCUT2D eigenvalue weighted by molar-refractivity contribution is 5.76. The van der Waals surface area contributed by atoms with E-state index in [-0.39, 0.29) is 26.2 Å². The summed E-state index contributed by atoms with van der Waals surface area (Å²) in [7, 11) is 2.45. The lowest BCUT2D eigenvalue weighted by atomic mass is 9.93. The number of aliphatic carboxylic acids is 1. The second-order valence-corrected chi connectivity index (χ2v) is 13.0. The molecular weight excluding hydrogens is 760 g/mol. The van der Waals surface area contributed by atoms with E-state index in [0.29, 0.717) is 52.8 Å². The first-order chi connectivity index (χ1) is 27.6. The van der Waals surface area contributed by atoms with Crippen molar-refractivity contribution in [1.29, 1.82) is 0 Å². The van der Waals surface area contributed by atoms with Crippen LogP contribution in [0.4, 0.5) is 0 Å². The number of carbonyl (C=O) groups excluding carboxylic acids is 1. The van der Waals surface area contributed by atoms with Crippen LogP contribution in [0.2, 0.25) is 0 Å². The summed E-state index contributed by atoms with van der Waals surface area (Å²) >= 11 is 0. The Morgan fingerprint density at radius 1 is 0.789 bits per heavy atom. The van der Waals surface area contributed by atoms with Crippen LogP contribution in [-0.2, 0) is 58.8 Å². The average molecular weight is 817 g/mol. The maximum atomic E-state index is 12.7. The predicted molar refractivity (Wildman–Crippen MR) is 194 cm³/mol. The second kappa shape index (κ2) is 24.5. The molecule has 2 saturated heterocycles. The monoisotopic (exact) mass is 816 g/mol. The number of aliphatic hydroxyl groups excluding tert-OH is 4. The van der Waals surface area contributed by atoms with Crippen molar-refractivity contribution >= 4 is 11.9 Å². The number of carboxylic acid groups (broad SMARTS) is 1. The first-order valence-electron chi connectivity index (χ1n) is 18.7. The van der Waals surface area contributed by atoms with Crippen LogP contribution in [0.5, 0.6) is 5.75 Å². The van der Waals surface area contributed by atoms with Gasteiger partial charge < -0.3 is 78.2 Å². The van der Waals surface area contributed by atoms with E-state index in [1.165, 1.54) is 14.2 Å². The van der Waals surface area contributed by atoms with Crippen molar-refractivity contribution in [1.82, 2.24) is 20.3 Å². The lowest BCUT2D eigenvalue weighted by Crippen LogP contribution is -2.63. The van der Waals surface area contributed by atoms with Gasteiger partial charge in [-0.25, -0.2) is 9.48 Å². The smallest absolute Gasteiger partial charge is 0.335 e. The van der Waals surface area contributed by atoms with Crippen molar-refractivity contribution in [3.8, 4) is 17.0 Å². The zero-order chi connectivity index (χ0) is 41.2. The first kappa shape index (κ1) is 46.3. The molecule has 0 spiro atoms. The van der Waals surface area contributed by atoms with E-state index in [0.717, 1.165) is 17.0 Å². The van der Waals surface area contributed by atoms with Gasteiger partial charge in [-0.05, 0) is 31.2 Å². The van der Waals surface area contributed by atoms with E-state index in [9.17, 15) is 35.1 Å². The molecule has 21 heteroatoms. The third-order valence-corrected chi connectivity index (χ3v) is 9.06. The Morgan fingerprint density at radius 2 is 1.42 bits per heavy atom. The molecule has 1 aromatic carbocycles. The van der Waals surface area contributed by atoms with E-state index in [4.69, 9.17) is 47.4 Å². The molecule has 3 heterocycles. The fourth-order valence-corrected chi connectivity index (χ4v) is 6.10. The summed E-state index contributed by atoms with van der Waals surface area (Å²) < 4.78 is 56.1. The molecule has 0 saturated carbocycles. The van der Waals surface area contributed by atoms with Gasteiger partial charge in [0.25, 0.3) is 0 Å². The minimum atomic E-state index is -1.72. The zero-order valence-electron chi connectivity index (χ0n) is 32.3. The Kier molecular flexibility index (Phi) is 19.9. The molecule has 2 aromatic rings. The predicted octanol–water partition coefficient (Wildman–Crippen LogP) is -2.02. The number of carboxylic acids is 1. The van der Waals surface area contributed by atoms with Gasteiger partial charge in [0.05, 0.1) is 91.3 Å². The first-order valence-corrected chi connectivity index (χ1v) is 18.7. The molecule has 6 N–H and O–H groups in total. The van der Waals surface area contributed by atoms with Crippen molar-refractivity contribution < 1.29 is 82.5 Å². The Morgan fingerprint density at radius 3 is 2.04 bits per heavy atom. The molecule has 1 aromatic heterocycles. The molecule has 1 amide bonds. The van der Waals surface area contributed by atoms with E-state index < -0.39 is 79.7 Å². The zero-order valence-corrected chi connectivity index (χ0v) is 32.3. The third kappa shape index (κ3) is 14.1. The van der Waals surface area contributed by atoms with Crippen LogP contribution in [0, 0.1) is 0 Å². The quantitative estimate of drug-likeness (QED) is 0.0560. The summed E-state index contributed by atoms with van der Waals surface area (Å²) in [4.78, 5) is 24.4. The molecule has 10 atom stereocenters. The maximum Gasteiger partial charge on any atom is 0.335 e. The van der Waals surface area contributed by atoms with Gasteiger partial charge in [-0.2, -0.15) is 0 Å². The average Bonchev–Trinajstić information content (AvgIpc) is 3.68. The number of nitrogens with zero attached hydrogens (tertiary/aromatic N) is 3. The fraction of sp³-hybridized carbons (Fsp3) is 0.722. The summed E-state index contributed by atoms with van der Waals surface area (Å²) in [6.45, 7) is 5.60. The van der Waals surface area contributed by atoms with Gasteiger partial charge in [0, 0.05) is 26.3 Å². The van der Waals surface area contributed by atoms with Crippen molar-refractivity contribution in [3.05, 3.63) is 30.5 Å². The number of aromatic nitrogens is 3. The maximum absolute atomic E-state index is 12.7. The standard InChI is InChI=1S/C36H56N4O17/c1-4-54-23-7-5-22(6-8-23)24-20-40(39-38-24)10-12-51-14-16-53-18-17-52-15-13-50-11-9-37-27(41)19-25-32(48-2)29(43)28(42)26(56-25)21-55-33-30(44)31(45)36(49-3)57-34(33)35(46)47/h5-8,20,25-26,28-34,36,42-45H,4,9-19,21H2,1-3H3,(H,37,41)(H,46,47). The van der Waals surface area contributed by atoms with Gasteiger partial charge in [0.2, 0.25) is 5.91 Å². The van der Waals surface area contributed by atoms with Gasteiger partial charge in [0.15, 0.2) is 12.4 Å². The Balaban J connectivity index is 1.01. The molecule has 2 fully saturated rings. The van der Waals surface area contributed by atoms with E-state index in [1.807, 2.05) is 37.4 Å². The fourth-order valence-electron chi connectivity index (χ4n) is 6.10. The lowest BCUT2D eigenvalue weighted by Gasteiger charge is -2.44. The molecule has 2 aliphatic rings. The normalized spacial score (nSPS) is 27.6. The van der Waals surface area contributed by atoms with Gasteiger partial charge in [-0.15, -0.1) is 5.10 Å². The number of ether oxygens (including phenoxy) is 10. The van der Waals surface area contributed by atoms with Gasteiger partial charge in [-0.3, -0.25) is 4.79 Å². The Hall–Kier alpha value is -3.42. The van der Waals surface area contributed by atoms with Crippen LogP contribution in [0.25, 0.3) is 11.3 Å². The number of amides is 1. The summed E-state index contributed by atoms with van der Waals surface area (Å²) in [6, 6.07) is 7.69. The molecule has 4 rings (SSSR count). The summed E-state index contributed by atoms with van der Waals surface area (Å²) in [5.74, 6) is -1.13. The van der Waals surface area contributed by atoms with Crippen LogP contribution >= 0.6 is 0 Å². The summed E-state index contributed by atoms with van der Waals surface area (Å²) in [5, 5.41) is 62.7. The molecule has 322 valence electrons. The lowest BCUT2D eigenvalue weighted by molar-refractivity contribution is -0.302. The molecule has 21 nitrogen and oxygen atoms in total. The van der Waals surface area contributed by atoms with Crippen LogP contribution < -0.4 is 10.1 Å². The molecule has 2 aliphatic heterocycles. The number of aliphatic hydroxyl groups is 4. The number of methoxy groups -OCH3 is 2. The number of nitrogens with one attached hydrogen (secondary N) is 1. The van der Waals surface area contributed by atoms with Crippen molar-refractivity contribution in [2.24, 2.45) is 0 Å². The second-order valence-electron chi connectivity index (χ2n) is 13.0. The molecule has 0 radical (unpaired) electrons. The number of benzene rings is 1. The highest BCUT2D eigenvalue weighted by Crippen LogP contribution is 2.29. The summed E-state index contributed by atoms with van der Waals surface area (Å²) in [6.07, 6.45) is -12.9. The molecule has 0 aliphatic carbocycles.